The fourth-order valence-corrected chi connectivity index (χ4v) is 4.89. The smallest absolute Gasteiger partial charge is 0.224 e. The average Bonchev–Trinajstić information content (AvgIpc) is 2.83. The van der Waals surface area contributed by atoms with E-state index in [1.165, 1.54) is 25.7 Å². The van der Waals surface area contributed by atoms with Gasteiger partial charge in [0, 0.05) is 26.0 Å². The number of hydrogen-bond acceptors (Lipinski definition) is 4. The van der Waals surface area contributed by atoms with Gasteiger partial charge < -0.3 is 10.2 Å². The Morgan fingerprint density at radius 3 is 2.40 bits per heavy atom. The fraction of sp³-hybridized carbons (Fsp3) is 0.464. The molecule has 1 fully saturated rings. The molecule has 5 nitrogen and oxygen atoms in total. The van der Waals surface area contributed by atoms with Crippen LogP contribution in [0.4, 0.5) is 5.82 Å². The molecule has 3 aromatic rings. The Labute approximate surface area is 219 Å². The first-order valence-electron chi connectivity index (χ1n) is 12.3. The Morgan fingerprint density at radius 2 is 1.71 bits per heavy atom. The molecule has 188 valence electrons. The second-order valence-corrected chi connectivity index (χ2v) is 10.6. The van der Waals surface area contributed by atoms with E-state index in [4.69, 9.17) is 23.2 Å². The minimum atomic E-state index is 0.0286. The van der Waals surface area contributed by atoms with Gasteiger partial charge in [0.15, 0.2) is 0 Å². The highest BCUT2D eigenvalue weighted by Gasteiger charge is 2.19. The maximum absolute atomic E-state index is 12.1. The van der Waals surface area contributed by atoms with Crippen LogP contribution in [0.5, 0.6) is 0 Å². The fourth-order valence-electron chi connectivity index (χ4n) is 4.43. The Bertz CT molecular complexity index is 1160. The molecule has 1 aliphatic rings. The van der Waals surface area contributed by atoms with Gasteiger partial charge in [0.2, 0.25) is 5.91 Å². The van der Waals surface area contributed by atoms with E-state index < -0.39 is 0 Å². The van der Waals surface area contributed by atoms with E-state index in [-0.39, 0.29) is 5.91 Å². The summed E-state index contributed by atoms with van der Waals surface area (Å²) in [7, 11) is 3.99. The van der Waals surface area contributed by atoms with Crippen LogP contribution in [0.2, 0.25) is 10.0 Å². The highest BCUT2D eigenvalue weighted by Crippen LogP contribution is 2.29. The number of rotatable bonds is 5. The highest BCUT2D eigenvalue weighted by molar-refractivity contribution is 6.42. The summed E-state index contributed by atoms with van der Waals surface area (Å²) in [6.07, 6.45) is 5.30. The van der Waals surface area contributed by atoms with Gasteiger partial charge in [0.25, 0.3) is 0 Å². The van der Waals surface area contributed by atoms with Crippen LogP contribution < -0.4 is 10.2 Å². The zero-order chi connectivity index (χ0) is 25.5. The second kappa shape index (κ2) is 12.5. The van der Waals surface area contributed by atoms with Crippen molar-refractivity contribution in [2.75, 3.05) is 25.5 Å². The van der Waals surface area contributed by atoms with Gasteiger partial charge in [-0.2, -0.15) is 0 Å². The molecule has 1 amide bonds. The molecule has 2 aromatic carbocycles. The van der Waals surface area contributed by atoms with Crippen molar-refractivity contribution in [2.24, 2.45) is 11.8 Å². The number of para-hydroxylation sites is 1. The molecule has 35 heavy (non-hydrogen) atoms. The van der Waals surface area contributed by atoms with Crippen LogP contribution in [0.3, 0.4) is 0 Å². The molecule has 0 unspecified atom stereocenters. The Morgan fingerprint density at radius 1 is 1.03 bits per heavy atom. The number of nitrogens with one attached hydrogen (secondary N) is 1. The first kappa shape index (κ1) is 27.2. The van der Waals surface area contributed by atoms with Crippen molar-refractivity contribution in [1.82, 2.24) is 15.3 Å². The van der Waals surface area contributed by atoms with Crippen LogP contribution in [0.1, 0.15) is 49.6 Å². The molecule has 1 aliphatic carbocycles. The molecule has 0 atom stereocenters. The van der Waals surface area contributed by atoms with E-state index in [1.54, 1.807) is 6.07 Å². The number of carbonyl (C=O) groups is 1. The minimum absolute atomic E-state index is 0.0286. The van der Waals surface area contributed by atoms with E-state index in [9.17, 15) is 4.79 Å². The maximum atomic E-state index is 12.1. The van der Waals surface area contributed by atoms with Crippen LogP contribution in [0, 0.1) is 25.7 Å². The molecule has 1 aromatic heterocycles. The van der Waals surface area contributed by atoms with Crippen LogP contribution in [-0.4, -0.2) is 36.5 Å². The van der Waals surface area contributed by atoms with Crippen molar-refractivity contribution < 1.29 is 4.79 Å². The number of carbonyl (C=O) groups excluding carboxylic acids is 1. The summed E-state index contributed by atoms with van der Waals surface area (Å²) in [5.41, 5.74) is 2.84. The van der Waals surface area contributed by atoms with Crippen molar-refractivity contribution >= 4 is 45.8 Å². The highest BCUT2D eigenvalue weighted by atomic mass is 35.5. The molecule has 1 N–H and O–H groups in total. The van der Waals surface area contributed by atoms with E-state index in [2.05, 4.69) is 22.2 Å². The topological polar surface area (TPSA) is 58.1 Å². The van der Waals surface area contributed by atoms with Gasteiger partial charge in [0.05, 0.1) is 22.0 Å². The van der Waals surface area contributed by atoms with Gasteiger partial charge in [0.1, 0.15) is 11.6 Å². The number of anilines is 1. The molecule has 4 rings (SSSR count). The Balaban J connectivity index is 0.000000211. The maximum Gasteiger partial charge on any atom is 0.224 e. The normalized spacial score (nSPS) is 17.5. The van der Waals surface area contributed by atoms with Gasteiger partial charge in [-0.3, -0.25) is 4.79 Å². The summed E-state index contributed by atoms with van der Waals surface area (Å²) in [6.45, 7) is 6.95. The summed E-state index contributed by atoms with van der Waals surface area (Å²) in [4.78, 5) is 22.9. The lowest BCUT2D eigenvalue weighted by atomic mass is 9.83. The molecule has 7 heteroatoms. The summed E-state index contributed by atoms with van der Waals surface area (Å²) < 4.78 is 0. The van der Waals surface area contributed by atoms with Gasteiger partial charge in [-0.25, -0.2) is 9.97 Å². The summed E-state index contributed by atoms with van der Waals surface area (Å²) in [5, 5.41) is 5.15. The quantitative estimate of drug-likeness (QED) is 0.407. The first-order chi connectivity index (χ1) is 16.7. The third kappa shape index (κ3) is 7.55. The third-order valence-electron chi connectivity index (χ3n) is 6.61. The van der Waals surface area contributed by atoms with Crippen LogP contribution in [0.25, 0.3) is 10.9 Å². The van der Waals surface area contributed by atoms with Crippen molar-refractivity contribution in [3.63, 3.8) is 0 Å². The number of fused-ring (bicyclic) bond motifs is 1. The minimum Gasteiger partial charge on any atom is -0.362 e. The van der Waals surface area contributed by atoms with Gasteiger partial charge in [-0.05, 0) is 67.9 Å². The number of nitrogens with zero attached hydrogens (tertiary/aromatic N) is 3. The standard InChI is InChI=1S/C17H23Cl2NO.C11H13N3/c1-11-3-6-13(7-4-11)10-20-16(21)9-14-12(2)5-8-15(18)17(14)19;1-8-12-10-7-5-4-6-9(10)11(13-8)14(2)3/h5,8,11,13H,3-4,6-7,9-10H2,1-2H3,(H,20,21);4-7H,1-3H3. The van der Waals surface area contributed by atoms with Gasteiger partial charge >= 0.3 is 0 Å². The molecule has 0 radical (unpaired) electrons. The SMILES string of the molecule is Cc1ccc(Cl)c(Cl)c1CC(=O)NCC1CCC(C)CC1.Cc1nc(N(C)C)c2ccccc2n1. The summed E-state index contributed by atoms with van der Waals surface area (Å²) >= 11 is 12.2. The molecule has 0 spiro atoms. The number of aryl methyl sites for hydroxylation is 2. The summed E-state index contributed by atoms with van der Waals surface area (Å²) in [6, 6.07) is 11.7. The monoisotopic (exact) mass is 514 g/mol. The number of benzene rings is 2. The zero-order valence-electron chi connectivity index (χ0n) is 21.4. The van der Waals surface area contributed by atoms with E-state index in [0.29, 0.717) is 22.4 Å². The van der Waals surface area contributed by atoms with Crippen molar-refractivity contribution in [3.05, 3.63) is 63.4 Å². The molecular formula is C28H36Cl2N4O. The lowest BCUT2D eigenvalue weighted by Crippen LogP contribution is -2.32. The number of hydrogen-bond donors (Lipinski definition) is 1. The average molecular weight is 516 g/mol. The number of amides is 1. The van der Waals surface area contributed by atoms with Gasteiger partial charge in [-0.1, -0.05) is 61.2 Å². The lowest BCUT2D eigenvalue weighted by molar-refractivity contribution is -0.120. The van der Waals surface area contributed by atoms with Crippen molar-refractivity contribution in [1.29, 1.82) is 0 Å². The van der Waals surface area contributed by atoms with Crippen LogP contribution in [0.15, 0.2) is 36.4 Å². The third-order valence-corrected chi connectivity index (χ3v) is 7.45. The molecule has 0 saturated heterocycles. The van der Waals surface area contributed by atoms with E-state index in [0.717, 1.165) is 46.1 Å². The largest absolute Gasteiger partial charge is 0.362 e. The molecule has 0 aliphatic heterocycles. The van der Waals surface area contributed by atoms with Crippen molar-refractivity contribution in [2.45, 2.75) is 52.9 Å². The zero-order valence-corrected chi connectivity index (χ0v) is 22.9. The molecule has 1 heterocycles. The van der Waals surface area contributed by atoms with Crippen LogP contribution in [-0.2, 0) is 11.2 Å². The Kier molecular flexibility index (Phi) is 9.76. The predicted molar refractivity (Wildman–Crippen MR) is 148 cm³/mol. The van der Waals surface area contributed by atoms with Gasteiger partial charge in [-0.15, -0.1) is 0 Å². The molecule has 1 saturated carbocycles. The summed E-state index contributed by atoms with van der Waals surface area (Å²) in [5.74, 6) is 3.28. The van der Waals surface area contributed by atoms with Crippen molar-refractivity contribution in [3.8, 4) is 0 Å². The number of aromatic nitrogens is 2. The lowest BCUT2D eigenvalue weighted by Gasteiger charge is -2.26. The van der Waals surface area contributed by atoms with E-state index in [1.807, 2.05) is 63.2 Å². The number of halogens is 2. The Hall–Kier alpha value is -2.37. The molecular weight excluding hydrogens is 479 g/mol. The predicted octanol–water partition coefficient (Wildman–Crippen LogP) is 6.79. The first-order valence-corrected chi connectivity index (χ1v) is 13.0. The van der Waals surface area contributed by atoms with E-state index >= 15 is 0 Å². The second-order valence-electron chi connectivity index (χ2n) is 9.77. The molecule has 0 bridgehead atoms. The van der Waals surface area contributed by atoms with Crippen LogP contribution >= 0.6 is 23.2 Å².